The van der Waals surface area contributed by atoms with E-state index in [1.807, 2.05) is 18.2 Å². The molecule has 2 heterocycles. The predicted octanol–water partition coefficient (Wildman–Crippen LogP) is 4.57. The third-order valence-corrected chi connectivity index (χ3v) is 10.7. The van der Waals surface area contributed by atoms with Crippen LogP contribution in [0.3, 0.4) is 0 Å². The molecule has 2 aliphatic carbocycles. The van der Waals surface area contributed by atoms with Crippen LogP contribution in [0.25, 0.3) is 0 Å². The largest absolute Gasteiger partial charge is 0.437 e. The quantitative estimate of drug-likeness (QED) is 0.0445. The van der Waals surface area contributed by atoms with Gasteiger partial charge in [0.25, 0.3) is 0 Å². The molecule has 3 amide bonds. The molecular formula is C39H39N3O13S. The molecule has 2 aliphatic heterocycles. The van der Waals surface area contributed by atoms with Gasteiger partial charge in [-0.05, 0) is 56.0 Å². The maximum atomic E-state index is 13.4. The average Bonchev–Trinajstić information content (AvgIpc) is 3.87. The lowest BCUT2D eigenvalue weighted by Crippen LogP contribution is -2.57. The minimum atomic E-state index is -1.16. The molecule has 6 rings (SSSR count). The normalized spacial score (nSPS) is 20.9. The number of benzene rings is 2. The Balaban J connectivity index is 1.09. The fourth-order valence-corrected chi connectivity index (χ4v) is 7.97. The second-order valence-corrected chi connectivity index (χ2v) is 14.1. The number of rotatable bonds is 17. The van der Waals surface area contributed by atoms with E-state index in [4.69, 9.17) is 28.4 Å². The summed E-state index contributed by atoms with van der Waals surface area (Å²) in [5.74, 6) is -2.87. The van der Waals surface area contributed by atoms with E-state index >= 15 is 0 Å². The van der Waals surface area contributed by atoms with E-state index in [2.05, 4.69) is 4.99 Å². The minimum Gasteiger partial charge on any atom is -0.424 e. The van der Waals surface area contributed by atoms with Gasteiger partial charge in [-0.15, -0.1) is 11.8 Å². The second-order valence-electron chi connectivity index (χ2n) is 12.9. The Morgan fingerprint density at radius 3 is 2.18 bits per heavy atom. The van der Waals surface area contributed by atoms with E-state index in [1.54, 1.807) is 48.5 Å². The molecule has 4 aliphatic rings. The molecule has 16 nitrogen and oxygen atoms in total. The zero-order valence-corrected chi connectivity index (χ0v) is 31.1. The van der Waals surface area contributed by atoms with Gasteiger partial charge in [0.15, 0.2) is 6.79 Å². The molecule has 56 heavy (non-hydrogen) atoms. The number of ether oxygens (including phenoxy) is 6. The number of hydrogen-bond donors (Lipinski definition) is 1. The fraction of sp³-hybridized carbons (Fsp3) is 0.359. The number of nitrogens with zero attached hydrogens (tertiary/aromatic N) is 3. The molecule has 0 aromatic heterocycles. The molecule has 4 atom stereocenters. The van der Waals surface area contributed by atoms with Crippen molar-refractivity contribution in [2.45, 2.75) is 38.3 Å². The van der Waals surface area contributed by atoms with Crippen LogP contribution in [0, 0.1) is 11.3 Å². The number of carbonyl (C=O) groups excluding carboxylic acids is 6. The van der Waals surface area contributed by atoms with Crippen LogP contribution in [0.1, 0.15) is 46.9 Å². The van der Waals surface area contributed by atoms with Gasteiger partial charge in [0.05, 0.1) is 29.9 Å². The van der Waals surface area contributed by atoms with Crippen molar-refractivity contribution >= 4 is 54.1 Å². The second kappa shape index (κ2) is 18.2. The molecule has 294 valence electrons. The molecule has 1 saturated heterocycles. The molecule has 2 aromatic rings. The van der Waals surface area contributed by atoms with Gasteiger partial charge in [0.2, 0.25) is 19.5 Å². The van der Waals surface area contributed by atoms with Crippen molar-refractivity contribution in [3.05, 3.63) is 106 Å². The van der Waals surface area contributed by atoms with Crippen molar-refractivity contribution in [1.29, 1.82) is 0 Å². The summed E-state index contributed by atoms with van der Waals surface area (Å²) in [6, 6.07) is 15.8. The van der Waals surface area contributed by atoms with Gasteiger partial charge >= 0.3 is 30.1 Å². The first-order valence-corrected chi connectivity index (χ1v) is 18.7. The summed E-state index contributed by atoms with van der Waals surface area (Å²) in [6.07, 6.45) is 5.89. The molecule has 0 spiro atoms. The van der Waals surface area contributed by atoms with Crippen LogP contribution in [0.15, 0.2) is 100 Å². The number of aliphatic hydroxyl groups is 1. The van der Waals surface area contributed by atoms with Gasteiger partial charge in [-0.1, -0.05) is 54.6 Å². The van der Waals surface area contributed by atoms with Crippen LogP contribution in [-0.4, -0.2) is 109 Å². The summed E-state index contributed by atoms with van der Waals surface area (Å²) in [6.45, 7) is -0.202. The predicted molar refractivity (Wildman–Crippen MR) is 197 cm³/mol. The topological polar surface area (TPSA) is 197 Å². The molecule has 0 radical (unpaired) electrons. The van der Waals surface area contributed by atoms with Crippen molar-refractivity contribution in [3.63, 3.8) is 0 Å². The van der Waals surface area contributed by atoms with Crippen LogP contribution in [0.2, 0.25) is 0 Å². The van der Waals surface area contributed by atoms with Crippen LogP contribution in [0.4, 0.5) is 9.59 Å². The number of allylic oxidation sites excluding steroid dienone is 3. The first kappa shape index (κ1) is 39.9. The number of fused-ring (bicyclic) bond motifs is 1. The van der Waals surface area contributed by atoms with Gasteiger partial charge in [0.1, 0.15) is 17.5 Å². The Kier molecular flexibility index (Phi) is 13.0. The Morgan fingerprint density at radius 1 is 0.911 bits per heavy atom. The van der Waals surface area contributed by atoms with Gasteiger partial charge in [0, 0.05) is 23.1 Å². The third-order valence-electron chi connectivity index (χ3n) is 9.56. The summed E-state index contributed by atoms with van der Waals surface area (Å²) in [7, 11) is 0. The van der Waals surface area contributed by atoms with Crippen molar-refractivity contribution < 1.29 is 62.3 Å². The number of thioether (sulfide) groups is 1. The van der Waals surface area contributed by atoms with E-state index < -0.39 is 67.9 Å². The smallest absolute Gasteiger partial charge is 0.424 e. The zero-order valence-electron chi connectivity index (χ0n) is 30.3. The molecule has 1 N–H and O–H groups in total. The summed E-state index contributed by atoms with van der Waals surface area (Å²) in [5, 5.41) is 10.5. The van der Waals surface area contributed by atoms with Crippen molar-refractivity contribution in [1.82, 2.24) is 9.80 Å². The molecule has 2 aromatic carbocycles. The van der Waals surface area contributed by atoms with Crippen LogP contribution >= 0.6 is 11.8 Å². The number of carbonyl (C=O) groups is 6. The van der Waals surface area contributed by atoms with E-state index in [0.29, 0.717) is 4.91 Å². The van der Waals surface area contributed by atoms with Gasteiger partial charge in [-0.3, -0.25) is 9.69 Å². The highest BCUT2D eigenvalue weighted by molar-refractivity contribution is 8.03. The lowest BCUT2D eigenvalue weighted by atomic mass is 9.89. The highest BCUT2D eigenvalue weighted by atomic mass is 32.2. The van der Waals surface area contributed by atoms with E-state index in [-0.39, 0.29) is 54.1 Å². The molecule has 0 bridgehead atoms. The molecular weight excluding hydrogens is 751 g/mol. The fourth-order valence-electron chi connectivity index (χ4n) is 6.82. The highest BCUT2D eigenvalue weighted by Crippen LogP contribution is 2.73. The number of aliphatic hydroxyl groups excluding tert-OH is 1. The van der Waals surface area contributed by atoms with E-state index in [0.717, 1.165) is 41.4 Å². The molecule has 4 unspecified atom stereocenters. The lowest BCUT2D eigenvalue weighted by Gasteiger charge is -2.40. The standard InChI is InChI=1S/C39H39N3O13S/c1-25(43)39-29-19-30(31(42(32(29)39)36(39)47)35(46)53-23-51-33(44)27-13-7-3-8-14-27)56-18-17-41(38(49)55-22-50-20-26-11-5-2-6-12-26)21-40-37(48)54-24-52-34(45)28-15-9-4-10-16-28/h3-5,7-16,21,25,29,32,43H,2,6,17-20,22-24H2,1H3. The summed E-state index contributed by atoms with van der Waals surface area (Å²) < 4.78 is 31.0. The Hall–Kier alpha value is -5.78. The summed E-state index contributed by atoms with van der Waals surface area (Å²) in [5.41, 5.74) is 0.402. The first-order valence-electron chi connectivity index (χ1n) is 17.7. The van der Waals surface area contributed by atoms with Gasteiger partial charge in [-0.25, -0.2) is 24.0 Å². The van der Waals surface area contributed by atoms with Crippen LogP contribution in [0.5, 0.6) is 0 Å². The number of aliphatic imine (C=N–C) groups is 1. The zero-order chi connectivity index (χ0) is 39.7. The third kappa shape index (κ3) is 8.85. The average molecular weight is 790 g/mol. The van der Waals surface area contributed by atoms with Crippen molar-refractivity contribution in [3.8, 4) is 0 Å². The maximum Gasteiger partial charge on any atom is 0.437 e. The summed E-state index contributed by atoms with van der Waals surface area (Å²) in [4.78, 5) is 83.2. The SMILES string of the molecule is CC(O)C12C(=O)N3C(C(=O)OCOC(=O)c4ccccc4)=C(SCCN(C=NC(=O)OCOC(=O)c4ccccc4)C(=O)OCOCC4=CCCC=C4)CC1C32. The number of esters is 3. The monoisotopic (exact) mass is 789 g/mol. The molecule has 17 heteroatoms. The van der Waals surface area contributed by atoms with Gasteiger partial charge < -0.3 is 38.4 Å². The number of amides is 3. The lowest BCUT2D eigenvalue weighted by molar-refractivity contribution is -0.160. The van der Waals surface area contributed by atoms with E-state index in [1.165, 1.54) is 24.0 Å². The maximum absolute atomic E-state index is 13.4. The highest BCUT2D eigenvalue weighted by Gasteiger charge is 2.85. The molecule has 1 saturated carbocycles. The Bertz CT molecular complexity index is 1950. The first-order chi connectivity index (χ1) is 27.1. The van der Waals surface area contributed by atoms with Crippen LogP contribution < -0.4 is 0 Å². The van der Waals surface area contributed by atoms with Crippen molar-refractivity contribution in [2.75, 3.05) is 39.3 Å². The molecule has 2 fully saturated rings. The van der Waals surface area contributed by atoms with E-state index in [9.17, 15) is 33.9 Å². The summed E-state index contributed by atoms with van der Waals surface area (Å²) >= 11 is 1.15. The van der Waals surface area contributed by atoms with Gasteiger partial charge in [-0.2, -0.15) is 4.99 Å². The minimum absolute atomic E-state index is 0.0401. The van der Waals surface area contributed by atoms with Crippen molar-refractivity contribution in [2.24, 2.45) is 16.3 Å². The Labute approximate surface area is 325 Å². The Morgan fingerprint density at radius 2 is 1.55 bits per heavy atom. The number of β-lactam (4-membered cyclic amide) rings is 1. The van der Waals surface area contributed by atoms with Crippen LogP contribution in [-0.2, 0) is 38.0 Å². The number of hydrogen-bond acceptors (Lipinski definition) is 14.